The van der Waals surface area contributed by atoms with Crippen LogP contribution in [0.1, 0.15) is 21.7 Å². The Morgan fingerprint density at radius 2 is 1.86 bits per heavy atom. The van der Waals surface area contributed by atoms with E-state index in [0.717, 1.165) is 16.2 Å². The maximum absolute atomic E-state index is 13.4. The Morgan fingerprint density at radius 1 is 0.971 bits per heavy atom. The Labute approximate surface area is 200 Å². The molecule has 5 aromatic rings. The van der Waals surface area contributed by atoms with E-state index in [1.54, 1.807) is 36.4 Å². The number of furan rings is 1. The van der Waals surface area contributed by atoms with Gasteiger partial charge in [-0.15, -0.1) is 0 Å². The lowest BCUT2D eigenvalue weighted by Crippen LogP contribution is -2.16. The number of hydrogen-bond donors (Lipinski definition) is 1. The summed E-state index contributed by atoms with van der Waals surface area (Å²) in [7, 11) is 1.53. The fourth-order valence-electron chi connectivity index (χ4n) is 3.80. The summed E-state index contributed by atoms with van der Waals surface area (Å²) >= 11 is 0. The van der Waals surface area contributed by atoms with Crippen molar-refractivity contribution in [1.29, 1.82) is 0 Å². The summed E-state index contributed by atoms with van der Waals surface area (Å²) in [5.74, 6) is 0.395. The van der Waals surface area contributed by atoms with Gasteiger partial charge >= 0.3 is 5.91 Å². The number of nitrogens with zero attached hydrogens (tertiary/aromatic N) is 1. The lowest BCUT2D eigenvalue weighted by Gasteiger charge is -2.11. The maximum atomic E-state index is 13.4. The number of carbonyl (C=O) groups excluding carboxylic acids is 1. The van der Waals surface area contributed by atoms with E-state index in [-0.39, 0.29) is 18.2 Å². The SMILES string of the molecule is COc1cc(/C=N/NC(=O)c2cc3c(ccc4ccccc43)o2)ccc1OCc1cccc(F)c1. The average molecular weight is 468 g/mol. The highest BCUT2D eigenvalue weighted by Gasteiger charge is 2.13. The minimum atomic E-state index is -0.455. The van der Waals surface area contributed by atoms with Crippen molar-refractivity contribution in [2.45, 2.75) is 6.61 Å². The van der Waals surface area contributed by atoms with E-state index >= 15 is 0 Å². The monoisotopic (exact) mass is 468 g/mol. The van der Waals surface area contributed by atoms with Crippen molar-refractivity contribution in [3.8, 4) is 11.5 Å². The first-order chi connectivity index (χ1) is 17.1. The largest absolute Gasteiger partial charge is 0.493 e. The summed E-state index contributed by atoms with van der Waals surface area (Å²) in [6, 6.07) is 24.9. The normalized spacial score (nSPS) is 11.3. The van der Waals surface area contributed by atoms with E-state index in [9.17, 15) is 9.18 Å². The molecule has 5 rings (SSSR count). The van der Waals surface area contributed by atoms with Crippen LogP contribution in [0.4, 0.5) is 4.39 Å². The molecule has 0 aliphatic rings. The molecule has 0 fully saturated rings. The fourth-order valence-corrected chi connectivity index (χ4v) is 3.80. The second kappa shape index (κ2) is 9.69. The summed E-state index contributed by atoms with van der Waals surface area (Å²) in [4.78, 5) is 12.6. The molecule has 0 bridgehead atoms. The first-order valence-corrected chi connectivity index (χ1v) is 10.9. The van der Waals surface area contributed by atoms with Crippen molar-refractivity contribution in [2.24, 2.45) is 5.10 Å². The van der Waals surface area contributed by atoms with Gasteiger partial charge in [0.05, 0.1) is 13.3 Å². The van der Waals surface area contributed by atoms with E-state index in [2.05, 4.69) is 10.5 Å². The number of amides is 1. The number of fused-ring (bicyclic) bond motifs is 3. The number of benzene rings is 4. The Kier molecular flexibility index (Phi) is 6.13. The summed E-state index contributed by atoms with van der Waals surface area (Å²) in [5.41, 5.74) is 4.52. The molecular formula is C28H21FN2O4. The van der Waals surface area contributed by atoms with Crippen molar-refractivity contribution in [1.82, 2.24) is 5.43 Å². The van der Waals surface area contributed by atoms with Crippen LogP contribution in [0.25, 0.3) is 21.7 Å². The van der Waals surface area contributed by atoms with Crippen molar-refractivity contribution >= 4 is 33.9 Å². The van der Waals surface area contributed by atoms with Gasteiger partial charge in [0.1, 0.15) is 18.0 Å². The lowest BCUT2D eigenvalue weighted by molar-refractivity contribution is 0.0929. The molecule has 7 heteroatoms. The third-order valence-corrected chi connectivity index (χ3v) is 5.50. The first-order valence-electron chi connectivity index (χ1n) is 10.9. The van der Waals surface area contributed by atoms with Gasteiger partial charge in [0, 0.05) is 5.39 Å². The molecule has 1 heterocycles. The Morgan fingerprint density at radius 3 is 2.71 bits per heavy atom. The van der Waals surface area contributed by atoms with Crippen LogP contribution in [0, 0.1) is 5.82 Å². The second-order valence-corrected chi connectivity index (χ2v) is 7.84. The van der Waals surface area contributed by atoms with Crippen LogP contribution in [-0.4, -0.2) is 19.2 Å². The molecule has 6 nitrogen and oxygen atoms in total. The van der Waals surface area contributed by atoms with Gasteiger partial charge in [-0.1, -0.05) is 42.5 Å². The van der Waals surface area contributed by atoms with Gasteiger partial charge in [0.2, 0.25) is 0 Å². The highest BCUT2D eigenvalue weighted by atomic mass is 19.1. The van der Waals surface area contributed by atoms with Gasteiger partial charge in [0.15, 0.2) is 17.3 Å². The smallest absolute Gasteiger partial charge is 0.307 e. The van der Waals surface area contributed by atoms with Crippen LogP contribution in [-0.2, 0) is 6.61 Å². The third-order valence-electron chi connectivity index (χ3n) is 5.50. The standard InChI is InChI=1S/C28H21FN2O4/c1-33-26-14-18(9-11-25(26)34-17-19-5-4-7-21(29)13-19)16-30-31-28(32)27-15-23-22-8-3-2-6-20(22)10-12-24(23)35-27/h2-16H,17H2,1H3,(H,31,32)/b30-16+. The molecular weight excluding hydrogens is 447 g/mol. The Balaban J connectivity index is 1.26. The van der Waals surface area contributed by atoms with E-state index in [0.29, 0.717) is 28.2 Å². The van der Waals surface area contributed by atoms with Gasteiger partial charge in [0.25, 0.3) is 0 Å². The molecule has 1 aromatic heterocycles. The third kappa shape index (κ3) is 4.84. The van der Waals surface area contributed by atoms with E-state index in [4.69, 9.17) is 13.9 Å². The number of hydrogen-bond acceptors (Lipinski definition) is 5. The molecule has 0 aliphatic carbocycles. The molecule has 1 N–H and O–H groups in total. The predicted molar refractivity (Wildman–Crippen MR) is 133 cm³/mol. The van der Waals surface area contributed by atoms with Crippen molar-refractivity contribution < 1.29 is 23.1 Å². The topological polar surface area (TPSA) is 73.1 Å². The van der Waals surface area contributed by atoms with Crippen LogP contribution >= 0.6 is 0 Å². The van der Waals surface area contributed by atoms with Gasteiger partial charge in [-0.2, -0.15) is 5.10 Å². The van der Waals surface area contributed by atoms with Crippen LogP contribution in [0.3, 0.4) is 0 Å². The predicted octanol–water partition coefficient (Wildman–Crippen LogP) is 6.08. The van der Waals surface area contributed by atoms with Crippen molar-refractivity contribution in [3.05, 3.63) is 108 Å². The van der Waals surface area contributed by atoms with E-state index in [1.165, 1.54) is 25.5 Å². The van der Waals surface area contributed by atoms with Crippen LogP contribution < -0.4 is 14.9 Å². The van der Waals surface area contributed by atoms with E-state index < -0.39 is 5.91 Å². The molecule has 174 valence electrons. The number of methoxy groups -OCH3 is 1. The average Bonchev–Trinajstić information content (AvgIpc) is 3.33. The summed E-state index contributed by atoms with van der Waals surface area (Å²) in [6.07, 6.45) is 1.49. The van der Waals surface area contributed by atoms with Gasteiger partial charge in [-0.05, 0) is 64.4 Å². The highest BCUT2D eigenvalue weighted by Crippen LogP contribution is 2.29. The molecule has 4 aromatic carbocycles. The molecule has 0 atom stereocenters. The van der Waals surface area contributed by atoms with Gasteiger partial charge < -0.3 is 13.9 Å². The number of ether oxygens (including phenoxy) is 2. The van der Waals surface area contributed by atoms with Crippen molar-refractivity contribution in [3.63, 3.8) is 0 Å². The van der Waals surface area contributed by atoms with Crippen molar-refractivity contribution in [2.75, 3.05) is 7.11 Å². The Hall–Kier alpha value is -4.65. The van der Waals surface area contributed by atoms with Crippen LogP contribution in [0.15, 0.2) is 94.4 Å². The minimum Gasteiger partial charge on any atom is -0.493 e. The van der Waals surface area contributed by atoms with Gasteiger partial charge in [-0.25, -0.2) is 9.82 Å². The lowest BCUT2D eigenvalue weighted by atomic mass is 10.1. The second-order valence-electron chi connectivity index (χ2n) is 7.84. The number of halogens is 1. The maximum Gasteiger partial charge on any atom is 0.307 e. The summed E-state index contributed by atoms with van der Waals surface area (Å²) in [6.45, 7) is 0.199. The number of rotatable bonds is 7. The molecule has 35 heavy (non-hydrogen) atoms. The molecule has 0 saturated carbocycles. The Bertz CT molecular complexity index is 1560. The number of hydrazone groups is 1. The molecule has 0 spiro atoms. The molecule has 0 unspecified atom stereocenters. The first kappa shape index (κ1) is 22.2. The fraction of sp³-hybridized carbons (Fsp3) is 0.0714. The quantitative estimate of drug-likeness (QED) is 0.232. The highest BCUT2D eigenvalue weighted by molar-refractivity contribution is 6.08. The van der Waals surface area contributed by atoms with Crippen LogP contribution in [0.5, 0.6) is 11.5 Å². The zero-order valence-corrected chi connectivity index (χ0v) is 18.8. The number of carbonyl (C=O) groups is 1. The molecule has 1 amide bonds. The summed E-state index contributed by atoms with van der Waals surface area (Å²) < 4.78 is 30.2. The van der Waals surface area contributed by atoms with Crippen LogP contribution in [0.2, 0.25) is 0 Å². The van der Waals surface area contributed by atoms with E-state index in [1.807, 2.05) is 36.4 Å². The molecule has 0 radical (unpaired) electrons. The minimum absolute atomic E-state index is 0.173. The molecule has 0 aliphatic heterocycles. The zero-order chi connectivity index (χ0) is 24.2. The molecule has 0 saturated heterocycles. The zero-order valence-electron chi connectivity index (χ0n) is 18.8. The van der Waals surface area contributed by atoms with Gasteiger partial charge in [-0.3, -0.25) is 4.79 Å². The summed E-state index contributed by atoms with van der Waals surface area (Å²) in [5, 5.41) is 7.00. The number of nitrogens with one attached hydrogen (secondary N) is 1.